The second-order valence-electron chi connectivity index (χ2n) is 8.26. The highest BCUT2D eigenvalue weighted by molar-refractivity contribution is 7.90. The summed E-state index contributed by atoms with van der Waals surface area (Å²) >= 11 is 0. The van der Waals surface area contributed by atoms with Crippen molar-refractivity contribution in [1.29, 1.82) is 0 Å². The summed E-state index contributed by atoms with van der Waals surface area (Å²) in [4.78, 5) is 6.80. The third-order valence-electron chi connectivity index (χ3n) is 5.05. The summed E-state index contributed by atoms with van der Waals surface area (Å²) in [6.07, 6.45) is 4.25. The third-order valence-corrected chi connectivity index (χ3v) is 6.65. The number of aromatic nitrogens is 2. The first-order valence-corrected chi connectivity index (χ1v) is 11.5. The van der Waals surface area contributed by atoms with Crippen LogP contribution in [-0.4, -0.2) is 36.0 Å². The van der Waals surface area contributed by atoms with Crippen molar-refractivity contribution in [3.63, 3.8) is 0 Å². The van der Waals surface area contributed by atoms with Gasteiger partial charge in [-0.2, -0.15) is 0 Å². The van der Waals surface area contributed by atoms with E-state index in [9.17, 15) is 8.42 Å². The van der Waals surface area contributed by atoms with Crippen molar-refractivity contribution in [2.45, 2.75) is 57.6 Å². The largest absolute Gasteiger partial charge is 0.317 e. The Labute approximate surface area is 163 Å². The van der Waals surface area contributed by atoms with Gasteiger partial charge in [-0.3, -0.25) is 4.90 Å². The van der Waals surface area contributed by atoms with Crippen LogP contribution in [0.3, 0.4) is 0 Å². The van der Waals surface area contributed by atoms with E-state index in [1.807, 2.05) is 34.9 Å². The molecule has 1 aromatic carbocycles. The summed E-state index contributed by atoms with van der Waals surface area (Å²) in [5.74, 6) is 1.04. The van der Waals surface area contributed by atoms with Crippen LogP contribution in [0.2, 0.25) is 0 Å². The molecular formula is C21H31N3O2S. The van der Waals surface area contributed by atoms with Gasteiger partial charge in [-0.05, 0) is 36.8 Å². The van der Waals surface area contributed by atoms with Crippen molar-refractivity contribution in [3.05, 3.63) is 47.8 Å². The normalized spacial score (nSPS) is 18.9. The number of benzene rings is 1. The van der Waals surface area contributed by atoms with Crippen LogP contribution in [0.25, 0.3) is 0 Å². The predicted octanol–water partition coefficient (Wildman–Crippen LogP) is 3.74. The van der Waals surface area contributed by atoms with E-state index in [1.165, 1.54) is 12.8 Å². The predicted molar refractivity (Wildman–Crippen MR) is 108 cm³/mol. The maximum Gasteiger partial charge on any atom is 0.228 e. The highest BCUT2D eigenvalue weighted by atomic mass is 32.2. The summed E-state index contributed by atoms with van der Waals surface area (Å²) in [6, 6.07) is 9.34. The van der Waals surface area contributed by atoms with Crippen molar-refractivity contribution in [3.8, 4) is 0 Å². The third kappa shape index (κ3) is 5.20. The van der Waals surface area contributed by atoms with Crippen LogP contribution in [-0.2, 0) is 28.7 Å². The smallest absolute Gasteiger partial charge is 0.228 e. The Kier molecular flexibility index (Phi) is 6.37. The van der Waals surface area contributed by atoms with Gasteiger partial charge in [0.15, 0.2) is 0 Å². The van der Waals surface area contributed by atoms with Crippen LogP contribution in [0.4, 0.5) is 0 Å². The highest BCUT2D eigenvalue weighted by Gasteiger charge is 2.26. The van der Waals surface area contributed by atoms with Crippen LogP contribution in [0.15, 0.2) is 41.7 Å². The van der Waals surface area contributed by atoms with Gasteiger partial charge in [0.1, 0.15) is 0 Å². The number of likely N-dealkylation sites (tertiary alicyclic amines) is 1. The monoisotopic (exact) mass is 389 g/mol. The Morgan fingerprint density at radius 2 is 1.96 bits per heavy atom. The maximum absolute atomic E-state index is 13.1. The minimum Gasteiger partial charge on any atom is -0.317 e. The van der Waals surface area contributed by atoms with Gasteiger partial charge in [-0.15, -0.1) is 0 Å². The molecule has 2 aromatic rings. The number of hydrogen-bond donors (Lipinski definition) is 0. The molecule has 1 aromatic heterocycles. The van der Waals surface area contributed by atoms with E-state index in [0.29, 0.717) is 18.4 Å². The second kappa shape index (κ2) is 8.57. The molecule has 2 heterocycles. The van der Waals surface area contributed by atoms with Crippen molar-refractivity contribution in [2.75, 3.05) is 13.1 Å². The average molecular weight is 390 g/mol. The molecule has 0 aliphatic carbocycles. The van der Waals surface area contributed by atoms with E-state index in [2.05, 4.69) is 30.7 Å². The standard InChI is InChI=1S/C21H31N3O2S/c1-17(2)13-24-20(15-23-11-7-8-18(3)14-23)12-22-21(24)27(25,26)16-19-9-5-4-6-10-19/h4-6,9-10,12,17-18H,7-8,11,13-16H2,1-3H3. The van der Waals surface area contributed by atoms with Crippen LogP contribution < -0.4 is 0 Å². The Bertz CT molecular complexity index is 844. The molecule has 148 valence electrons. The molecule has 0 radical (unpaired) electrons. The SMILES string of the molecule is CC(C)Cn1c(CN2CCCC(C)C2)cnc1S(=O)(=O)Cc1ccccc1. The number of sulfone groups is 1. The van der Waals surface area contributed by atoms with Gasteiger partial charge in [-0.25, -0.2) is 13.4 Å². The Morgan fingerprint density at radius 1 is 1.22 bits per heavy atom. The van der Waals surface area contributed by atoms with Crippen molar-refractivity contribution in [1.82, 2.24) is 14.5 Å². The molecular weight excluding hydrogens is 358 g/mol. The molecule has 1 saturated heterocycles. The average Bonchev–Trinajstić information content (AvgIpc) is 2.98. The fourth-order valence-electron chi connectivity index (χ4n) is 3.84. The number of imidazole rings is 1. The Balaban J connectivity index is 1.87. The molecule has 27 heavy (non-hydrogen) atoms. The molecule has 3 rings (SSSR count). The zero-order chi connectivity index (χ0) is 19.4. The lowest BCUT2D eigenvalue weighted by Gasteiger charge is -2.31. The Morgan fingerprint density at radius 3 is 2.63 bits per heavy atom. The van der Waals surface area contributed by atoms with Crippen LogP contribution in [0.5, 0.6) is 0 Å². The number of rotatable bonds is 7. The number of piperidine rings is 1. The maximum atomic E-state index is 13.1. The van der Waals surface area contributed by atoms with E-state index in [0.717, 1.165) is 30.9 Å². The van der Waals surface area contributed by atoms with Crippen LogP contribution >= 0.6 is 0 Å². The molecule has 1 fully saturated rings. The molecule has 0 saturated carbocycles. The summed E-state index contributed by atoms with van der Waals surface area (Å²) < 4.78 is 28.1. The van der Waals surface area contributed by atoms with E-state index < -0.39 is 9.84 Å². The second-order valence-corrected chi connectivity index (χ2v) is 10.1. The minimum absolute atomic E-state index is 0.0108. The lowest BCUT2D eigenvalue weighted by Crippen LogP contribution is -2.34. The molecule has 0 amide bonds. The summed E-state index contributed by atoms with van der Waals surface area (Å²) in [6.45, 7) is 10.1. The Hall–Kier alpha value is -1.66. The van der Waals surface area contributed by atoms with Gasteiger partial charge in [0.2, 0.25) is 15.0 Å². The molecule has 1 unspecified atom stereocenters. The summed E-state index contributed by atoms with van der Waals surface area (Å²) in [5.41, 5.74) is 1.80. The molecule has 1 atom stereocenters. The van der Waals surface area contributed by atoms with Crippen molar-refractivity contribution in [2.24, 2.45) is 11.8 Å². The van der Waals surface area contributed by atoms with E-state index in [1.54, 1.807) is 6.20 Å². The molecule has 6 heteroatoms. The first-order valence-electron chi connectivity index (χ1n) is 9.88. The number of hydrogen-bond acceptors (Lipinski definition) is 4. The molecule has 0 N–H and O–H groups in total. The lowest BCUT2D eigenvalue weighted by molar-refractivity contribution is 0.172. The molecule has 5 nitrogen and oxygen atoms in total. The first-order chi connectivity index (χ1) is 12.8. The summed E-state index contributed by atoms with van der Waals surface area (Å²) in [7, 11) is -3.49. The zero-order valence-electron chi connectivity index (χ0n) is 16.6. The van der Waals surface area contributed by atoms with E-state index in [4.69, 9.17) is 0 Å². The molecule has 1 aliphatic rings. The fourth-order valence-corrected chi connectivity index (χ4v) is 5.35. The molecule has 1 aliphatic heterocycles. The van der Waals surface area contributed by atoms with E-state index >= 15 is 0 Å². The lowest BCUT2D eigenvalue weighted by atomic mass is 10.0. The summed E-state index contributed by atoms with van der Waals surface area (Å²) in [5, 5.41) is 0.208. The van der Waals surface area contributed by atoms with Gasteiger partial charge in [0.25, 0.3) is 0 Å². The molecule has 0 bridgehead atoms. The minimum atomic E-state index is -3.49. The van der Waals surface area contributed by atoms with Crippen molar-refractivity contribution < 1.29 is 8.42 Å². The van der Waals surface area contributed by atoms with Gasteiger partial charge < -0.3 is 4.57 Å². The fraction of sp³-hybridized carbons (Fsp3) is 0.571. The quantitative estimate of drug-likeness (QED) is 0.724. The van der Waals surface area contributed by atoms with E-state index in [-0.39, 0.29) is 10.9 Å². The van der Waals surface area contributed by atoms with Crippen LogP contribution in [0, 0.1) is 11.8 Å². The van der Waals surface area contributed by atoms with Gasteiger partial charge >= 0.3 is 0 Å². The first kappa shape index (κ1) is 20.1. The number of nitrogens with zero attached hydrogens (tertiary/aromatic N) is 3. The van der Waals surface area contributed by atoms with Gasteiger partial charge in [0, 0.05) is 19.6 Å². The van der Waals surface area contributed by atoms with Crippen molar-refractivity contribution >= 4 is 9.84 Å². The van der Waals surface area contributed by atoms with Crippen LogP contribution in [0.1, 0.15) is 44.9 Å². The zero-order valence-corrected chi connectivity index (χ0v) is 17.5. The highest BCUT2D eigenvalue weighted by Crippen LogP contribution is 2.22. The topological polar surface area (TPSA) is 55.2 Å². The van der Waals surface area contributed by atoms with Gasteiger partial charge in [-0.1, -0.05) is 51.1 Å². The molecule has 0 spiro atoms. The van der Waals surface area contributed by atoms with Gasteiger partial charge in [0.05, 0.1) is 17.6 Å².